The number of benzene rings is 1. The second-order valence-electron chi connectivity index (χ2n) is 10.6. The zero-order valence-corrected chi connectivity index (χ0v) is 22.4. The average molecular weight is 518 g/mol. The van der Waals surface area contributed by atoms with Gasteiger partial charge in [-0.3, -0.25) is 0 Å². The van der Waals surface area contributed by atoms with Crippen LogP contribution in [0.4, 0.5) is 4.79 Å². The van der Waals surface area contributed by atoms with E-state index in [-0.39, 0.29) is 23.6 Å². The normalized spacial score (nSPS) is 23.9. The lowest BCUT2D eigenvalue weighted by Crippen LogP contribution is -2.47. The number of amides is 1. The van der Waals surface area contributed by atoms with Gasteiger partial charge < -0.3 is 19.1 Å². The molecule has 2 aromatic rings. The Morgan fingerprint density at radius 2 is 2.08 bits per heavy atom. The van der Waals surface area contributed by atoms with Crippen molar-refractivity contribution in [2.24, 2.45) is 11.8 Å². The topological polar surface area (TPSA) is 102 Å². The molecule has 198 valence electrons. The highest BCUT2D eigenvalue weighted by atomic mass is 32.2. The van der Waals surface area contributed by atoms with Gasteiger partial charge in [-0.05, 0) is 70.3 Å². The smallest absolute Gasteiger partial charge is 0.410 e. The van der Waals surface area contributed by atoms with Gasteiger partial charge in [0.2, 0.25) is 0 Å². The zero-order valence-electron chi connectivity index (χ0n) is 21.6. The summed E-state index contributed by atoms with van der Waals surface area (Å²) < 4.78 is 17.6. The minimum absolute atomic E-state index is 0.111. The number of carbonyl (C=O) groups excluding carboxylic acids is 1. The molecular formula is C26H39N5O4S. The highest BCUT2D eigenvalue weighted by molar-refractivity contribution is 7.98. The Morgan fingerprint density at radius 1 is 1.25 bits per heavy atom. The molecule has 2 saturated heterocycles. The van der Waals surface area contributed by atoms with Crippen LogP contribution in [0.1, 0.15) is 69.5 Å². The number of hydrogen-bond donors (Lipinski definition) is 1. The van der Waals surface area contributed by atoms with Gasteiger partial charge in [0.15, 0.2) is 12.1 Å². The molecule has 2 fully saturated rings. The quantitative estimate of drug-likeness (QED) is 0.497. The fourth-order valence-corrected chi connectivity index (χ4v) is 6.36. The van der Waals surface area contributed by atoms with Gasteiger partial charge in [-0.25, -0.2) is 4.79 Å². The van der Waals surface area contributed by atoms with Gasteiger partial charge in [0, 0.05) is 24.9 Å². The third-order valence-corrected chi connectivity index (χ3v) is 8.08. The maximum Gasteiger partial charge on any atom is 0.410 e. The second kappa shape index (κ2) is 12.9. The van der Waals surface area contributed by atoms with Crippen LogP contribution in [0.15, 0.2) is 30.3 Å². The predicted molar refractivity (Wildman–Crippen MR) is 138 cm³/mol. The molecule has 3 heterocycles. The number of aromatic amines is 1. The number of thioether (sulfide) groups is 1. The SMILES string of the molecule is CC(C)(C)OC(=O)N1CC[C@H](C(SCc2nn[nH]n2)c2ccccc2)[C@@H](CCOC2CCCCO2)C1. The van der Waals surface area contributed by atoms with Gasteiger partial charge in [-0.2, -0.15) is 5.21 Å². The van der Waals surface area contributed by atoms with E-state index < -0.39 is 5.60 Å². The van der Waals surface area contributed by atoms with Gasteiger partial charge in [-0.1, -0.05) is 35.5 Å². The summed E-state index contributed by atoms with van der Waals surface area (Å²) in [4.78, 5) is 14.8. The minimum atomic E-state index is -0.516. The van der Waals surface area contributed by atoms with Crippen LogP contribution >= 0.6 is 11.8 Å². The number of likely N-dealkylation sites (tertiary alicyclic amines) is 1. The molecule has 2 aliphatic heterocycles. The van der Waals surface area contributed by atoms with E-state index in [1.54, 1.807) is 0 Å². The monoisotopic (exact) mass is 517 g/mol. The lowest BCUT2D eigenvalue weighted by molar-refractivity contribution is -0.165. The highest BCUT2D eigenvalue weighted by Crippen LogP contribution is 2.45. The summed E-state index contributed by atoms with van der Waals surface area (Å²) >= 11 is 1.84. The molecule has 1 aromatic heterocycles. The Bertz CT molecular complexity index is 918. The van der Waals surface area contributed by atoms with Crippen molar-refractivity contribution in [1.82, 2.24) is 25.5 Å². The molecule has 1 aromatic carbocycles. The lowest BCUT2D eigenvalue weighted by atomic mass is 9.79. The molecule has 10 heteroatoms. The average Bonchev–Trinajstić information content (AvgIpc) is 3.39. The number of piperidine rings is 1. The molecule has 1 amide bonds. The number of tetrazole rings is 1. The van der Waals surface area contributed by atoms with E-state index in [0.29, 0.717) is 37.2 Å². The molecule has 1 N–H and O–H groups in total. The van der Waals surface area contributed by atoms with Gasteiger partial charge in [0.05, 0.1) is 12.4 Å². The van der Waals surface area contributed by atoms with Crippen LogP contribution in [-0.4, -0.2) is 69.8 Å². The maximum absolute atomic E-state index is 12.9. The molecular weight excluding hydrogens is 478 g/mol. The molecule has 4 rings (SSSR count). The summed E-state index contributed by atoms with van der Waals surface area (Å²) in [5.74, 6) is 1.99. The number of nitrogens with one attached hydrogen (secondary N) is 1. The van der Waals surface area contributed by atoms with Crippen molar-refractivity contribution in [2.45, 2.75) is 75.8 Å². The van der Waals surface area contributed by atoms with Crippen molar-refractivity contribution in [2.75, 3.05) is 26.3 Å². The van der Waals surface area contributed by atoms with Gasteiger partial charge in [0.25, 0.3) is 0 Å². The van der Waals surface area contributed by atoms with Crippen LogP contribution in [0, 0.1) is 11.8 Å². The van der Waals surface area contributed by atoms with Crippen molar-refractivity contribution >= 4 is 17.9 Å². The third-order valence-electron chi connectivity index (χ3n) is 6.67. The fraction of sp³-hybridized carbons (Fsp3) is 0.692. The number of carbonyl (C=O) groups is 1. The number of aromatic nitrogens is 4. The summed E-state index contributed by atoms with van der Waals surface area (Å²) in [6, 6.07) is 10.6. The van der Waals surface area contributed by atoms with E-state index in [9.17, 15) is 4.79 Å². The van der Waals surface area contributed by atoms with Crippen molar-refractivity contribution in [3.8, 4) is 0 Å². The van der Waals surface area contributed by atoms with Crippen molar-refractivity contribution in [3.63, 3.8) is 0 Å². The predicted octanol–water partition coefficient (Wildman–Crippen LogP) is 4.98. The number of rotatable bonds is 9. The Hall–Kier alpha value is -2.17. The molecule has 0 radical (unpaired) electrons. The van der Waals surface area contributed by atoms with Crippen molar-refractivity contribution in [3.05, 3.63) is 41.7 Å². The van der Waals surface area contributed by atoms with E-state index in [1.165, 1.54) is 5.56 Å². The Labute approximate surface area is 218 Å². The molecule has 36 heavy (non-hydrogen) atoms. The molecule has 0 spiro atoms. The summed E-state index contributed by atoms with van der Waals surface area (Å²) in [7, 11) is 0. The molecule has 0 bridgehead atoms. The number of hydrogen-bond acceptors (Lipinski definition) is 8. The van der Waals surface area contributed by atoms with Crippen molar-refractivity contribution in [1.29, 1.82) is 0 Å². The van der Waals surface area contributed by atoms with Gasteiger partial charge in [0.1, 0.15) is 5.60 Å². The molecule has 9 nitrogen and oxygen atoms in total. The number of ether oxygens (including phenoxy) is 3. The number of nitrogens with zero attached hydrogens (tertiary/aromatic N) is 4. The third kappa shape index (κ3) is 7.91. The molecule has 0 saturated carbocycles. The maximum atomic E-state index is 12.9. The van der Waals surface area contributed by atoms with Crippen LogP contribution in [0.3, 0.4) is 0 Å². The van der Waals surface area contributed by atoms with Gasteiger partial charge in [-0.15, -0.1) is 22.0 Å². The number of H-pyrrole nitrogens is 1. The van der Waals surface area contributed by atoms with Gasteiger partial charge >= 0.3 is 6.09 Å². The van der Waals surface area contributed by atoms with Crippen LogP contribution in [0.25, 0.3) is 0 Å². The van der Waals surface area contributed by atoms with E-state index >= 15 is 0 Å². The van der Waals surface area contributed by atoms with E-state index in [0.717, 1.165) is 38.7 Å². The summed E-state index contributed by atoms with van der Waals surface area (Å²) in [5.41, 5.74) is 0.765. The van der Waals surface area contributed by atoms with Crippen LogP contribution in [-0.2, 0) is 20.0 Å². The Kier molecular flexibility index (Phi) is 9.61. The molecule has 2 unspecified atom stereocenters. The summed E-state index contributed by atoms with van der Waals surface area (Å²) in [6.07, 6.45) is 4.60. The summed E-state index contributed by atoms with van der Waals surface area (Å²) in [5, 5.41) is 14.8. The molecule has 4 atom stereocenters. The van der Waals surface area contributed by atoms with Crippen LogP contribution in [0.2, 0.25) is 0 Å². The minimum Gasteiger partial charge on any atom is -0.444 e. The Morgan fingerprint density at radius 3 is 2.78 bits per heavy atom. The molecule has 0 aliphatic carbocycles. The highest BCUT2D eigenvalue weighted by Gasteiger charge is 2.38. The van der Waals surface area contributed by atoms with E-state index in [1.807, 2.05) is 43.5 Å². The van der Waals surface area contributed by atoms with Crippen LogP contribution < -0.4 is 0 Å². The standard InChI is InChI=1S/C26H39N5O4S/c1-26(2,3)35-25(32)31-14-12-21(20(17-31)13-16-34-23-11-7-8-15-33-23)24(19-9-5-4-6-10-19)36-18-22-27-29-30-28-22/h4-6,9-10,20-21,23-24H,7-8,11-18H2,1-3H3,(H,27,28,29,30)/t20-,21-,23?,24?/m0/s1. The largest absolute Gasteiger partial charge is 0.444 e. The van der Waals surface area contributed by atoms with E-state index in [4.69, 9.17) is 14.2 Å². The zero-order chi connectivity index (χ0) is 25.4. The van der Waals surface area contributed by atoms with Crippen LogP contribution in [0.5, 0.6) is 0 Å². The molecule has 2 aliphatic rings. The van der Waals surface area contributed by atoms with Crippen molar-refractivity contribution < 1.29 is 19.0 Å². The summed E-state index contributed by atoms with van der Waals surface area (Å²) in [6.45, 7) is 8.44. The second-order valence-corrected chi connectivity index (χ2v) is 11.7. The first-order valence-electron chi connectivity index (χ1n) is 13.0. The first-order chi connectivity index (χ1) is 17.4. The first-order valence-corrected chi connectivity index (χ1v) is 14.0. The first kappa shape index (κ1) is 26.9. The Balaban J connectivity index is 1.49. The lowest BCUT2D eigenvalue weighted by Gasteiger charge is -2.42. The fourth-order valence-electron chi connectivity index (χ4n) is 4.96. The van der Waals surface area contributed by atoms with E-state index in [2.05, 4.69) is 44.9 Å².